The molecule has 0 bridgehead atoms. The number of para-hydroxylation sites is 3. The summed E-state index contributed by atoms with van der Waals surface area (Å²) in [4.78, 5) is 9.93. The molecule has 9 rings (SSSR count). The van der Waals surface area contributed by atoms with Crippen LogP contribution >= 0.6 is 0 Å². The first-order valence-electron chi connectivity index (χ1n) is 20.3. The van der Waals surface area contributed by atoms with Gasteiger partial charge in [-0.1, -0.05) is 158 Å². The summed E-state index contributed by atoms with van der Waals surface area (Å²) in [6, 6.07) is 49.5. The van der Waals surface area contributed by atoms with E-state index in [0.717, 1.165) is 49.9 Å². The number of aromatic nitrogens is 5. The molecule has 7 heteroatoms. The number of imidazole rings is 1. The first kappa shape index (κ1) is 40.9. The van der Waals surface area contributed by atoms with Crippen LogP contribution < -0.4 is 9.30 Å². The predicted octanol–water partition coefficient (Wildman–Crippen LogP) is 12.5. The Morgan fingerprint density at radius 2 is 1.25 bits per heavy atom. The van der Waals surface area contributed by atoms with Crippen LogP contribution in [0.5, 0.6) is 11.5 Å². The van der Waals surface area contributed by atoms with Crippen LogP contribution in [0.15, 0.2) is 134 Å². The minimum Gasteiger partial charge on any atom is -0.508 e. The van der Waals surface area contributed by atoms with Crippen molar-refractivity contribution >= 4 is 32.8 Å². The van der Waals surface area contributed by atoms with Crippen LogP contribution in [-0.4, -0.2) is 19.1 Å². The zero-order valence-electron chi connectivity index (χ0n) is 35.7. The van der Waals surface area contributed by atoms with Gasteiger partial charge >= 0.3 is 0 Å². The maximum atomic E-state index is 6.87. The third kappa shape index (κ3) is 7.58. The van der Waals surface area contributed by atoms with Gasteiger partial charge in [-0.05, 0) is 80.0 Å². The van der Waals surface area contributed by atoms with Gasteiger partial charge in [0.05, 0.1) is 16.7 Å². The van der Waals surface area contributed by atoms with Crippen LogP contribution in [0.2, 0.25) is 0 Å². The Morgan fingerprint density at radius 1 is 0.600 bits per heavy atom. The van der Waals surface area contributed by atoms with Crippen molar-refractivity contribution in [3.05, 3.63) is 169 Å². The van der Waals surface area contributed by atoms with E-state index in [4.69, 9.17) is 14.7 Å². The van der Waals surface area contributed by atoms with Gasteiger partial charge in [0.1, 0.15) is 5.82 Å². The molecule has 9 aromatic rings. The van der Waals surface area contributed by atoms with Crippen LogP contribution in [0.3, 0.4) is 0 Å². The quantitative estimate of drug-likeness (QED) is 0.123. The molecule has 0 aliphatic rings. The number of rotatable bonds is 6. The van der Waals surface area contributed by atoms with E-state index in [1.165, 1.54) is 16.7 Å². The third-order valence-corrected chi connectivity index (χ3v) is 11.1. The van der Waals surface area contributed by atoms with Crippen molar-refractivity contribution in [1.29, 1.82) is 0 Å². The summed E-state index contributed by atoms with van der Waals surface area (Å²) in [5, 5.41) is 2.19. The Hall–Kier alpha value is -5.84. The fraction of sp³-hybridized carbons (Fsp3) is 0.226. The van der Waals surface area contributed by atoms with E-state index in [1.807, 2.05) is 53.4 Å². The van der Waals surface area contributed by atoms with Crippen molar-refractivity contribution in [2.24, 2.45) is 0 Å². The number of pyridine rings is 2. The molecule has 304 valence electrons. The maximum Gasteiger partial charge on any atom is 0.268 e. The Bertz CT molecular complexity index is 3000. The zero-order valence-corrected chi connectivity index (χ0v) is 37.9. The fourth-order valence-corrected chi connectivity index (χ4v) is 7.71. The van der Waals surface area contributed by atoms with Crippen LogP contribution in [-0.2, 0) is 37.3 Å². The van der Waals surface area contributed by atoms with Crippen molar-refractivity contribution in [2.75, 3.05) is 0 Å². The van der Waals surface area contributed by atoms with Crippen LogP contribution in [0, 0.1) is 18.5 Å². The van der Waals surface area contributed by atoms with Gasteiger partial charge in [0, 0.05) is 44.3 Å². The summed E-state index contributed by atoms with van der Waals surface area (Å²) in [5.41, 5.74) is 11.0. The van der Waals surface area contributed by atoms with Crippen LogP contribution in [0.25, 0.3) is 61.3 Å². The molecule has 6 nitrogen and oxygen atoms in total. The number of benzene rings is 5. The van der Waals surface area contributed by atoms with Gasteiger partial charge in [-0.25, -0.2) is 4.98 Å². The molecule has 0 fully saturated rings. The van der Waals surface area contributed by atoms with Crippen molar-refractivity contribution in [1.82, 2.24) is 19.1 Å². The van der Waals surface area contributed by atoms with Crippen molar-refractivity contribution in [3.8, 4) is 39.9 Å². The van der Waals surface area contributed by atoms with Gasteiger partial charge in [0.15, 0.2) is 0 Å². The molecule has 0 N–H and O–H groups in total. The molecule has 0 radical (unpaired) electrons. The van der Waals surface area contributed by atoms with E-state index in [0.29, 0.717) is 22.9 Å². The van der Waals surface area contributed by atoms with Crippen molar-refractivity contribution < 1.29 is 30.4 Å². The fourth-order valence-electron chi connectivity index (χ4n) is 7.71. The largest absolute Gasteiger partial charge is 0.508 e. The Labute approximate surface area is 367 Å². The second-order valence-corrected chi connectivity index (χ2v) is 18.5. The summed E-state index contributed by atoms with van der Waals surface area (Å²) in [6.45, 7) is 20.3. The van der Waals surface area contributed by atoms with Gasteiger partial charge in [-0.2, -0.15) is 6.07 Å². The number of ether oxygens (including phenoxy) is 1. The molecule has 0 saturated heterocycles. The van der Waals surface area contributed by atoms with Crippen molar-refractivity contribution in [3.63, 3.8) is 0 Å². The van der Waals surface area contributed by atoms with E-state index in [-0.39, 0.29) is 37.3 Å². The third-order valence-electron chi connectivity index (χ3n) is 11.1. The summed E-state index contributed by atoms with van der Waals surface area (Å²) < 4.78 is 13.2. The molecule has 0 aliphatic carbocycles. The summed E-state index contributed by atoms with van der Waals surface area (Å²) in [7, 11) is 0. The second kappa shape index (κ2) is 15.3. The minimum atomic E-state index is -0.0380. The molecule has 4 heterocycles. The molecule has 0 spiro atoms. The molecule has 0 amide bonds. The van der Waals surface area contributed by atoms with Crippen molar-refractivity contribution in [2.45, 2.75) is 78.6 Å². The standard InChI is InChI=1S/C53H49N5O.Pt/c1-51(2,3)36-25-26-54-49(30-36)58-44-20-14-13-19-42(44)43-24-23-41(32-47(43)58)59-48-31-40(33-55-50(48)35-17-11-10-12-18-35)57-34-56(45-21-15-16-22-46(45)57)39-28-37(52(4,5)6)27-38(29-39)53(7,8)9;/h10-30,33H,1-9H3;/q-2;. The van der Waals surface area contributed by atoms with Gasteiger partial charge in [0.25, 0.3) is 6.33 Å². The molecule has 0 atom stereocenters. The summed E-state index contributed by atoms with van der Waals surface area (Å²) in [5.74, 6) is 1.87. The first-order valence-corrected chi connectivity index (χ1v) is 20.3. The molecular formula is C53H49N5OPt-2. The monoisotopic (exact) mass is 966 g/mol. The zero-order chi connectivity index (χ0) is 41.3. The first-order chi connectivity index (χ1) is 28.1. The Balaban J connectivity index is 0.00000499. The average molecular weight is 967 g/mol. The van der Waals surface area contributed by atoms with Crippen LogP contribution in [0.4, 0.5) is 0 Å². The topological polar surface area (TPSA) is 48.8 Å². The number of hydrogen-bond donors (Lipinski definition) is 0. The van der Waals surface area contributed by atoms with E-state index in [1.54, 1.807) is 0 Å². The molecule has 5 aromatic carbocycles. The second-order valence-electron chi connectivity index (χ2n) is 18.5. The van der Waals surface area contributed by atoms with E-state index >= 15 is 0 Å². The van der Waals surface area contributed by atoms with Gasteiger partial charge in [-0.15, -0.1) is 23.6 Å². The number of nitrogens with zero attached hydrogens (tertiary/aromatic N) is 5. The maximum absolute atomic E-state index is 6.87. The smallest absolute Gasteiger partial charge is 0.268 e. The van der Waals surface area contributed by atoms with Crippen LogP contribution in [0.1, 0.15) is 79.0 Å². The van der Waals surface area contributed by atoms with E-state index in [9.17, 15) is 0 Å². The summed E-state index contributed by atoms with van der Waals surface area (Å²) >= 11 is 0. The molecular weight excluding hydrogens is 918 g/mol. The predicted molar refractivity (Wildman–Crippen MR) is 239 cm³/mol. The minimum absolute atomic E-state index is 0. The molecule has 0 saturated carbocycles. The summed E-state index contributed by atoms with van der Waals surface area (Å²) in [6.07, 6.45) is 7.45. The number of hydrogen-bond acceptors (Lipinski definition) is 3. The van der Waals surface area contributed by atoms with Gasteiger partial charge < -0.3 is 18.9 Å². The van der Waals surface area contributed by atoms with E-state index in [2.05, 4.69) is 175 Å². The molecule has 0 unspecified atom stereocenters. The Morgan fingerprint density at radius 3 is 1.95 bits per heavy atom. The molecule has 60 heavy (non-hydrogen) atoms. The SMILES string of the molecule is CC(C)(C)c1cc(-[n+]2[c-]n(-c3[c-]c(Oc4[c-]c5c(cc4)c4ccccc4n5-c4cc(C(C)(C)C)ccn4)c(-c4ccccc4)nc3)c3ccccc32)cc(C(C)(C)C)c1.[Pt]. The normalized spacial score (nSPS) is 12.3. The van der Waals surface area contributed by atoms with Gasteiger partial charge in [-0.3, -0.25) is 4.57 Å². The average Bonchev–Trinajstić information content (AvgIpc) is 3.76. The number of fused-ring (bicyclic) bond motifs is 4. The molecule has 4 aromatic heterocycles. The molecule has 0 aliphatic heterocycles. The van der Waals surface area contributed by atoms with E-state index < -0.39 is 0 Å². The van der Waals surface area contributed by atoms with Gasteiger partial charge in [0.2, 0.25) is 0 Å². The Kier molecular flexibility index (Phi) is 10.4.